The van der Waals surface area contributed by atoms with E-state index in [1.165, 1.54) is 0 Å². The fourth-order valence-corrected chi connectivity index (χ4v) is 1.48. The van der Waals surface area contributed by atoms with Crippen molar-refractivity contribution < 1.29 is 9.84 Å². The van der Waals surface area contributed by atoms with Gasteiger partial charge in [0.2, 0.25) is 0 Å². The third-order valence-electron chi connectivity index (χ3n) is 2.16. The minimum absolute atomic E-state index is 0.157. The van der Waals surface area contributed by atoms with Gasteiger partial charge in [-0.05, 0) is 19.3 Å². The molecule has 0 aromatic heterocycles. The Bertz CT molecular complexity index is 153. The van der Waals surface area contributed by atoms with E-state index < -0.39 is 0 Å². The van der Waals surface area contributed by atoms with E-state index in [4.69, 9.17) is 4.74 Å². The van der Waals surface area contributed by atoms with Crippen molar-refractivity contribution in [2.24, 2.45) is 0 Å². The number of hydrogen-bond donors (Lipinski definition) is 1. The number of aliphatic hydroxyl groups is 1. The molecule has 1 heterocycles. The van der Waals surface area contributed by atoms with E-state index in [0.717, 1.165) is 19.3 Å². The summed E-state index contributed by atoms with van der Waals surface area (Å²) in [5.74, 6) is 0. The molecule has 0 spiro atoms. The first-order chi connectivity index (χ1) is 4.88. The molecule has 56 valence electrons. The van der Waals surface area contributed by atoms with Gasteiger partial charge in [0.15, 0.2) is 0 Å². The summed E-state index contributed by atoms with van der Waals surface area (Å²) in [5, 5.41) is 9.35. The average molecular weight is 140 g/mol. The highest BCUT2D eigenvalue weighted by Gasteiger charge is 2.43. The van der Waals surface area contributed by atoms with Crippen LogP contribution in [0.1, 0.15) is 19.3 Å². The third kappa shape index (κ3) is 1.09. The maximum atomic E-state index is 9.35. The molecule has 0 aromatic carbocycles. The first-order valence-corrected chi connectivity index (χ1v) is 3.86. The van der Waals surface area contributed by atoms with Gasteiger partial charge in [0, 0.05) is 0 Å². The normalized spacial score (nSPS) is 45.5. The quantitative estimate of drug-likeness (QED) is 0.400. The Labute approximate surface area is 60.5 Å². The van der Waals surface area contributed by atoms with Crippen molar-refractivity contribution >= 4 is 0 Å². The van der Waals surface area contributed by atoms with E-state index >= 15 is 0 Å². The van der Waals surface area contributed by atoms with Crippen LogP contribution in [0.4, 0.5) is 0 Å². The van der Waals surface area contributed by atoms with Crippen LogP contribution in [0.2, 0.25) is 0 Å². The standard InChI is InChI=1S/C8H12O2/c9-6-4-2-1-3-5-7-8(6)10-7/h1-2,6-9H,3-5H2. The van der Waals surface area contributed by atoms with Crippen LogP contribution in [0.3, 0.4) is 0 Å². The van der Waals surface area contributed by atoms with Crippen molar-refractivity contribution in [1.29, 1.82) is 0 Å². The topological polar surface area (TPSA) is 32.8 Å². The lowest BCUT2D eigenvalue weighted by molar-refractivity contribution is 0.138. The summed E-state index contributed by atoms with van der Waals surface area (Å²) >= 11 is 0. The zero-order chi connectivity index (χ0) is 6.97. The molecular weight excluding hydrogens is 128 g/mol. The summed E-state index contributed by atoms with van der Waals surface area (Å²) in [7, 11) is 0. The molecular formula is C8H12O2. The van der Waals surface area contributed by atoms with Gasteiger partial charge in [-0.3, -0.25) is 0 Å². The van der Waals surface area contributed by atoms with Crippen molar-refractivity contribution in [1.82, 2.24) is 0 Å². The number of hydrogen-bond acceptors (Lipinski definition) is 2. The van der Waals surface area contributed by atoms with Crippen molar-refractivity contribution in [3.8, 4) is 0 Å². The van der Waals surface area contributed by atoms with Crippen molar-refractivity contribution in [3.05, 3.63) is 12.2 Å². The van der Waals surface area contributed by atoms with E-state index in [9.17, 15) is 5.11 Å². The summed E-state index contributed by atoms with van der Waals surface area (Å²) in [4.78, 5) is 0. The van der Waals surface area contributed by atoms with Gasteiger partial charge in [-0.25, -0.2) is 0 Å². The van der Waals surface area contributed by atoms with Gasteiger partial charge in [0.05, 0.1) is 12.2 Å². The molecule has 0 radical (unpaired) electrons. The summed E-state index contributed by atoms with van der Waals surface area (Å²) < 4.78 is 5.26. The number of rotatable bonds is 0. The van der Waals surface area contributed by atoms with Crippen LogP contribution in [0.25, 0.3) is 0 Å². The van der Waals surface area contributed by atoms with Crippen LogP contribution in [-0.4, -0.2) is 23.4 Å². The second-order valence-corrected chi connectivity index (χ2v) is 2.99. The van der Waals surface area contributed by atoms with Gasteiger partial charge in [-0.15, -0.1) is 0 Å². The highest BCUT2D eigenvalue weighted by molar-refractivity contribution is 4.99. The second-order valence-electron chi connectivity index (χ2n) is 2.99. The predicted octanol–water partition coefficient (Wildman–Crippen LogP) is 0.855. The number of epoxide rings is 1. The summed E-state index contributed by atoms with van der Waals surface area (Å²) in [6.45, 7) is 0. The molecule has 2 aliphatic rings. The van der Waals surface area contributed by atoms with Crippen LogP contribution in [0, 0.1) is 0 Å². The number of fused-ring (bicyclic) bond motifs is 1. The molecule has 0 bridgehead atoms. The lowest BCUT2D eigenvalue weighted by Crippen LogP contribution is -2.16. The SMILES string of the molecule is OC1CC=CCCC2OC12. The minimum atomic E-state index is -0.249. The van der Waals surface area contributed by atoms with Gasteiger partial charge in [-0.1, -0.05) is 12.2 Å². The number of allylic oxidation sites excluding steroid dienone is 1. The highest BCUT2D eigenvalue weighted by atomic mass is 16.6. The largest absolute Gasteiger partial charge is 0.390 e. The molecule has 2 heteroatoms. The molecule has 1 aliphatic carbocycles. The predicted molar refractivity (Wildman–Crippen MR) is 37.7 cm³/mol. The molecule has 0 amide bonds. The van der Waals surface area contributed by atoms with E-state index in [1.807, 2.05) is 6.08 Å². The first-order valence-electron chi connectivity index (χ1n) is 3.86. The summed E-state index contributed by atoms with van der Waals surface area (Å²) in [6, 6.07) is 0. The van der Waals surface area contributed by atoms with Crippen LogP contribution < -0.4 is 0 Å². The van der Waals surface area contributed by atoms with Gasteiger partial charge in [-0.2, -0.15) is 0 Å². The fourth-order valence-electron chi connectivity index (χ4n) is 1.48. The van der Waals surface area contributed by atoms with Gasteiger partial charge in [0.25, 0.3) is 0 Å². The molecule has 0 aromatic rings. The van der Waals surface area contributed by atoms with Crippen LogP contribution in [-0.2, 0) is 4.74 Å². The van der Waals surface area contributed by atoms with Gasteiger partial charge < -0.3 is 9.84 Å². The molecule has 1 saturated heterocycles. The zero-order valence-electron chi connectivity index (χ0n) is 5.86. The van der Waals surface area contributed by atoms with E-state index in [0.29, 0.717) is 6.10 Å². The van der Waals surface area contributed by atoms with E-state index in [1.54, 1.807) is 0 Å². The third-order valence-corrected chi connectivity index (χ3v) is 2.16. The smallest absolute Gasteiger partial charge is 0.110 e. The average Bonchev–Trinajstić information content (AvgIpc) is 2.62. The fraction of sp³-hybridized carbons (Fsp3) is 0.750. The van der Waals surface area contributed by atoms with Gasteiger partial charge >= 0.3 is 0 Å². The van der Waals surface area contributed by atoms with E-state index in [-0.39, 0.29) is 12.2 Å². The Balaban J connectivity index is 1.98. The lowest BCUT2D eigenvalue weighted by Gasteiger charge is -2.04. The Morgan fingerprint density at radius 2 is 2.30 bits per heavy atom. The van der Waals surface area contributed by atoms with E-state index in [2.05, 4.69) is 6.08 Å². The Morgan fingerprint density at radius 3 is 3.20 bits per heavy atom. The zero-order valence-corrected chi connectivity index (χ0v) is 5.86. The Kier molecular flexibility index (Phi) is 1.51. The second kappa shape index (κ2) is 2.36. The number of aliphatic hydroxyl groups excluding tert-OH is 1. The molecule has 2 nitrogen and oxygen atoms in total. The van der Waals surface area contributed by atoms with Crippen molar-refractivity contribution in [3.63, 3.8) is 0 Å². The Hall–Kier alpha value is -0.340. The monoisotopic (exact) mass is 140 g/mol. The first kappa shape index (κ1) is 6.38. The molecule has 1 N–H and O–H groups in total. The maximum Gasteiger partial charge on any atom is 0.110 e. The van der Waals surface area contributed by atoms with Crippen molar-refractivity contribution in [2.75, 3.05) is 0 Å². The molecule has 10 heavy (non-hydrogen) atoms. The minimum Gasteiger partial charge on any atom is -0.390 e. The highest BCUT2D eigenvalue weighted by Crippen LogP contribution is 2.32. The number of ether oxygens (including phenoxy) is 1. The molecule has 3 unspecified atom stereocenters. The van der Waals surface area contributed by atoms with Crippen molar-refractivity contribution in [2.45, 2.75) is 37.6 Å². The maximum absolute atomic E-state index is 9.35. The van der Waals surface area contributed by atoms with Crippen LogP contribution in [0.15, 0.2) is 12.2 Å². The molecule has 2 rings (SSSR count). The van der Waals surface area contributed by atoms with Crippen LogP contribution >= 0.6 is 0 Å². The summed E-state index contributed by atoms with van der Waals surface area (Å²) in [6.07, 6.45) is 7.39. The lowest BCUT2D eigenvalue weighted by atomic mass is 10.0. The molecule has 1 aliphatic heterocycles. The summed E-state index contributed by atoms with van der Waals surface area (Å²) in [5.41, 5.74) is 0. The molecule has 1 fully saturated rings. The van der Waals surface area contributed by atoms with Gasteiger partial charge in [0.1, 0.15) is 6.10 Å². The Morgan fingerprint density at radius 1 is 1.40 bits per heavy atom. The van der Waals surface area contributed by atoms with Crippen LogP contribution in [0.5, 0.6) is 0 Å². The molecule has 0 saturated carbocycles. The molecule has 3 atom stereocenters.